The molecule has 0 bridgehead atoms. The lowest BCUT2D eigenvalue weighted by Crippen LogP contribution is -2.19. The molecule has 1 heterocycles. The summed E-state index contributed by atoms with van der Waals surface area (Å²) in [5.41, 5.74) is 3.46. The van der Waals surface area contributed by atoms with E-state index in [9.17, 15) is 4.79 Å². The number of carbonyl (C=O) groups is 1. The molecular weight excluding hydrogens is 346 g/mol. The number of aromatic nitrogens is 2. The molecule has 1 saturated carbocycles. The van der Waals surface area contributed by atoms with Crippen LogP contribution in [0.2, 0.25) is 0 Å². The average Bonchev–Trinajstić information content (AvgIpc) is 2.76. The van der Waals surface area contributed by atoms with Crippen LogP contribution in [-0.2, 0) is 4.79 Å². The van der Waals surface area contributed by atoms with Crippen LogP contribution >= 0.6 is 0 Å². The summed E-state index contributed by atoms with van der Waals surface area (Å²) in [7, 11) is 0. The van der Waals surface area contributed by atoms with Gasteiger partial charge in [0.15, 0.2) is 5.82 Å². The second kappa shape index (κ2) is 8.79. The molecule has 1 aliphatic rings. The summed E-state index contributed by atoms with van der Waals surface area (Å²) in [6.45, 7) is 0. The van der Waals surface area contributed by atoms with Gasteiger partial charge in [-0.3, -0.25) is 4.79 Å². The van der Waals surface area contributed by atoms with Gasteiger partial charge in [0.2, 0.25) is 5.91 Å². The Morgan fingerprint density at radius 3 is 2.21 bits per heavy atom. The van der Waals surface area contributed by atoms with Crippen LogP contribution in [0.1, 0.15) is 38.5 Å². The first-order valence-electron chi connectivity index (χ1n) is 10.1. The maximum absolute atomic E-state index is 12.6. The fourth-order valence-electron chi connectivity index (χ4n) is 3.86. The molecule has 3 aromatic rings. The monoisotopic (exact) mass is 371 g/mol. The van der Waals surface area contributed by atoms with Crippen molar-refractivity contribution >= 4 is 11.7 Å². The van der Waals surface area contributed by atoms with E-state index in [1.165, 1.54) is 19.3 Å². The fraction of sp³-hybridized carbons (Fsp3) is 0.292. The topological polar surface area (TPSA) is 54.9 Å². The maximum Gasteiger partial charge on any atom is 0.225 e. The lowest BCUT2D eigenvalue weighted by atomic mass is 9.87. The summed E-state index contributed by atoms with van der Waals surface area (Å²) in [5, 5.41) is 3.02. The molecule has 0 saturated heterocycles. The van der Waals surface area contributed by atoms with E-state index in [-0.39, 0.29) is 5.91 Å². The molecule has 4 nitrogen and oxygen atoms in total. The van der Waals surface area contributed by atoms with Gasteiger partial charge in [0.05, 0.1) is 11.9 Å². The van der Waals surface area contributed by atoms with Gasteiger partial charge in [-0.05, 0) is 18.8 Å². The van der Waals surface area contributed by atoms with E-state index in [1.807, 2.05) is 60.7 Å². The molecule has 1 N–H and O–H groups in total. The zero-order chi connectivity index (χ0) is 19.2. The number of rotatable bonds is 5. The van der Waals surface area contributed by atoms with Crippen LogP contribution in [0.4, 0.5) is 5.82 Å². The lowest BCUT2D eigenvalue weighted by Gasteiger charge is -2.21. The van der Waals surface area contributed by atoms with Crippen LogP contribution in [0, 0.1) is 5.92 Å². The molecule has 0 atom stereocenters. The Morgan fingerprint density at radius 2 is 1.54 bits per heavy atom. The molecule has 0 spiro atoms. The van der Waals surface area contributed by atoms with Gasteiger partial charge in [0.25, 0.3) is 0 Å². The first-order chi connectivity index (χ1) is 13.8. The molecule has 0 radical (unpaired) electrons. The molecule has 4 heteroatoms. The molecule has 0 aliphatic heterocycles. The van der Waals surface area contributed by atoms with Crippen molar-refractivity contribution in [1.82, 2.24) is 9.97 Å². The third kappa shape index (κ3) is 4.45. The van der Waals surface area contributed by atoms with Crippen molar-refractivity contribution in [3.05, 3.63) is 66.9 Å². The Bertz CT molecular complexity index is 919. The minimum Gasteiger partial charge on any atom is -0.309 e. The van der Waals surface area contributed by atoms with Gasteiger partial charge in [-0.15, -0.1) is 0 Å². The summed E-state index contributed by atoms with van der Waals surface area (Å²) >= 11 is 0. The number of benzene rings is 2. The number of hydrogen-bond acceptors (Lipinski definition) is 3. The van der Waals surface area contributed by atoms with Crippen molar-refractivity contribution < 1.29 is 4.79 Å². The molecule has 1 fully saturated rings. The summed E-state index contributed by atoms with van der Waals surface area (Å²) in [5.74, 6) is 1.06. The van der Waals surface area contributed by atoms with Crippen molar-refractivity contribution in [3.8, 4) is 22.5 Å². The van der Waals surface area contributed by atoms with E-state index in [0.717, 1.165) is 29.7 Å². The van der Waals surface area contributed by atoms with E-state index in [1.54, 1.807) is 6.20 Å². The van der Waals surface area contributed by atoms with Crippen LogP contribution in [0.25, 0.3) is 22.5 Å². The summed E-state index contributed by atoms with van der Waals surface area (Å²) in [6.07, 6.45) is 8.36. The van der Waals surface area contributed by atoms with Crippen molar-refractivity contribution in [2.45, 2.75) is 38.5 Å². The summed E-state index contributed by atoms with van der Waals surface area (Å²) < 4.78 is 0. The number of nitrogens with one attached hydrogen (secondary N) is 1. The molecule has 142 valence electrons. The van der Waals surface area contributed by atoms with Crippen molar-refractivity contribution in [1.29, 1.82) is 0 Å². The van der Waals surface area contributed by atoms with Crippen LogP contribution in [0.3, 0.4) is 0 Å². The molecular formula is C24H25N3O. The normalized spacial score (nSPS) is 14.6. The van der Waals surface area contributed by atoms with Crippen molar-refractivity contribution in [2.24, 2.45) is 5.92 Å². The number of amides is 1. The Balaban J connectivity index is 1.61. The highest BCUT2D eigenvalue weighted by atomic mass is 16.1. The number of hydrogen-bond donors (Lipinski definition) is 1. The predicted molar refractivity (Wildman–Crippen MR) is 113 cm³/mol. The predicted octanol–water partition coefficient (Wildman–Crippen LogP) is 5.72. The number of carbonyl (C=O) groups excluding carboxylic acids is 1. The van der Waals surface area contributed by atoms with Gasteiger partial charge in [0, 0.05) is 17.5 Å². The van der Waals surface area contributed by atoms with E-state index in [0.29, 0.717) is 23.9 Å². The fourth-order valence-corrected chi connectivity index (χ4v) is 3.86. The highest BCUT2D eigenvalue weighted by Gasteiger charge is 2.19. The zero-order valence-electron chi connectivity index (χ0n) is 16.0. The largest absolute Gasteiger partial charge is 0.309 e. The van der Waals surface area contributed by atoms with Gasteiger partial charge in [-0.25, -0.2) is 9.97 Å². The standard InChI is InChI=1S/C24H25N3O/c28-22(16-18-10-4-1-5-11-18)27-24-23(20-14-8-3-9-15-20)26-21(17-25-24)19-12-6-2-7-13-19/h2-3,6-9,12-15,17-18H,1,4-5,10-11,16H2,(H,25,27,28). The van der Waals surface area contributed by atoms with E-state index < -0.39 is 0 Å². The number of nitrogens with zero attached hydrogens (tertiary/aromatic N) is 2. The van der Waals surface area contributed by atoms with Crippen LogP contribution in [-0.4, -0.2) is 15.9 Å². The van der Waals surface area contributed by atoms with Crippen LogP contribution in [0.5, 0.6) is 0 Å². The highest BCUT2D eigenvalue weighted by molar-refractivity contribution is 5.93. The second-order valence-electron chi connectivity index (χ2n) is 7.44. The molecule has 0 unspecified atom stereocenters. The zero-order valence-corrected chi connectivity index (χ0v) is 16.0. The Hall–Kier alpha value is -3.01. The van der Waals surface area contributed by atoms with Crippen LogP contribution in [0.15, 0.2) is 66.9 Å². The molecule has 1 aromatic heterocycles. The molecule has 28 heavy (non-hydrogen) atoms. The quantitative estimate of drug-likeness (QED) is 0.624. The Kier molecular flexibility index (Phi) is 5.76. The van der Waals surface area contributed by atoms with Gasteiger partial charge in [-0.1, -0.05) is 79.9 Å². The third-order valence-corrected chi connectivity index (χ3v) is 5.35. The molecule has 2 aromatic carbocycles. The van der Waals surface area contributed by atoms with Gasteiger partial charge < -0.3 is 5.32 Å². The second-order valence-corrected chi connectivity index (χ2v) is 7.44. The Labute approximate surface area is 166 Å². The minimum absolute atomic E-state index is 0.0332. The van der Waals surface area contributed by atoms with Crippen molar-refractivity contribution in [2.75, 3.05) is 5.32 Å². The van der Waals surface area contributed by atoms with E-state index >= 15 is 0 Å². The van der Waals surface area contributed by atoms with E-state index in [4.69, 9.17) is 4.98 Å². The van der Waals surface area contributed by atoms with E-state index in [2.05, 4.69) is 10.3 Å². The molecule has 4 rings (SSSR count). The first kappa shape index (κ1) is 18.4. The smallest absolute Gasteiger partial charge is 0.225 e. The third-order valence-electron chi connectivity index (χ3n) is 5.35. The Morgan fingerprint density at radius 1 is 0.893 bits per heavy atom. The first-order valence-corrected chi connectivity index (χ1v) is 10.1. The molecule has 1 aliphatic carbocycles. The van der Waals surface area contributed by atoms with Gasteiger partial charge in [-0.2, -0.15) is 0 Å². The van der Waals surface area contributed by atoms with Crippen LogP contribution < -0.4 is 5.32 Å². The summed E-state index contributed by atoms with van der Waals surface area (Å²) in [4.78, 5) is 22.0. The van der Waals surface area contributed by atoms with Gasteiger partial charge >= 0.3 is 0 Å². The SMILES string of the molecule is O=C(CC1CCCCC1)Nc1ncc(-c2ccccc2)nc1-c1ccccc1. The minimum atomic E-state index is 0.0332. The average molecular weight is 371 g/mol. The highest BCUT2D eigenvalue weighted by Crippen LogP contribution is 2.29. The maximum atomic E-state index is 12.6. The molecule has 1 amide bonds. The summed E-state index contributed by atoms with van der Waals surface area (Å²) in [6, 6.07) is 19.9. The van der Waals surface area contributed by atoms with Crippen molar-refractivity contribution in [3.63, 3.8) is 0 Å². The number of anilines is 1. The lowest BCUT2D eigenvalue weighted by molar-refractivity contribution is -0.117. The van der Waals surface area contributed by atoms with Gasteiger partial charge in [0.1, 0.15) is 5.69 Å².